The van der Waals surface area contributed by atoms with Gasteiger partial charge in [0.25, 0.3) is 0 Å². The fourth-order valence-electron chi connectivity index (χ4n) is 1.75. The lowest BCUT2D eigenvalue weighted by atomic mass is 10.2. The Labute approximate surface area is 122 Å². The molecule has 2 rings (SSSR count). The first-order valence-electron chi connectivity index (χ1n) is 6.62. The molecule has 0 amide bonds. The molecule has 4 heteroatoms. The standard InChI is InChI=1S/C16H17NO2S/c1-3-5-14-11-17-16(20-14)12-7-9-13(10-8-12)19-15(18)6-4-2/h4,6-11H,3,5H2,1-2H3. The molecule has 0 aliphatic rings. The number of thiazole rings is 1. The summed E-state index contributed by atoms with van der Waals surface area (Å²) in [6.45, 7) is 3.94. The van der Waals surface area contributed by atoms with E-state index in [9.17, 15) is 4.79 Å². The van der Waals surface area contributed by atoms with Crippen LogP contribution in [0.25, 0.3) is 10.6 Å². The molecule has 1 aromatic heterocycles. The first-order valence-corrected chi connectivity index (χ1v) is 7.44. The second-order valence-electron chi connectivity index (χ2n) is 4.33. The third-order valence-electron chi connectivity index (χ3n) is 2.67. The molecule has 0 saturated heterocycles. The minimum Gasteiger partial charge on any atom is -0.423 e. The van der Waals surface area contributed by atoms with Gasteiger partial charge < -0.3 is 4.74 Å². The number of rotatable bonds is 5. The van der Waals surface area contributed by atoms with Crippen LogP contribution in [-0.2, 0) is 11.2 Å². The van der Waals surface area contributed by atoms with Gasteiger partial charge in [-0.1, -0.05) is 19.4 Å². The first-order chi connectivity index (χ1) is 9.72. The summed E-state index contributed by atoms with van der Waals surface area (Å²) in [7, 11) is 0. The number of carbonyl (C=O) groups is 1. The normalized spacial score (nSPS) is 10.9. The summed E-state index contributed by atoms with van der Waals surface area (Å²) in [5.74, 6) is 0.182. The van der Waals surface area contributed by atoms with Gasteiger partial charge in [-0.15, -0.1) is 11.3 Å². The zero-order valence-electron chi connectivity index (χ0n) is 11.6. The van der Waals surface area contributed by atoms with E-state index in [4.69, 9.17) is 4.74 Å². The Balaban J connectivity index is 2.08. The molecule has 1 aromatic carbocycles. The molecule has 20 heavy (non-hydrogen) atoms. The SMILES string of the molecule is CC=CC(=O)Oc1ccc(-c2ncc(CCC)s2)cc1. The van der Waals surface area contributed by atoms with E-state index in [1.165, 1.54) is 11.0 Å². The lowest BCUT2D eigenvalue weighted by molar-refractivity contribution is -0.129. The summed E-state index contributed by atoms with van der Waals surface area (Å²) in [6, 6.07) is 7.43. The highest BCUT2D eigenvalue weighted by molar-refractivity contribution is 7.15. The molecule has 0 saturated carbocycles. The summed E-state index contributed by atoms with van der Waals surface area (Å²) in [5.41, 5.74) is 1.04. The van der Waals surface area contributed by atoms with Crippen LogP contribution in [0.1, 0.15) is 25.1 Å². The molecule has 0 unspecified atom stereocenters. The number of aromatic nitrogens is 1. The van der Waals surface area contributed by atoms with Crippen molar-refractivity contribution in [2.75, 3.05) is 0 Å². The van der Waals surface area contributed by atoms with E-state index < -0.39 is 0 Å². The van der Waals surface area contributed by atoms with Gasteiger partial charge in [0, 0.05) is 22.7 Å². The highest BCUT2D eigenvalue weighted by Crippen LogP contribution is 2.27. The number of benzene rings is 1. The largest absolute Gasteiger partial charge is 0.423 e. The Morgan fingerprint density at radius 1 is 1.35 bits per heavy atom. The average molecular weight is 287 g/mol. The maximum Gasteiger partial charge on any atom is 0.335 e. The van der Waals surface area contributed by atoms with Gasteiger partial charge >= 0.3 is 5.97 Å². The predicted octanol–water partition coefficient (Wildman–Crippen LogP) is 4.24. The molecule has 0 radical (unpaired) electrons. The van der Waals surface area contributed by atoms with Crippen molar-refractivity contribution >= 4 is 17.3 Å². The summed E-state index contributed by atoms with van der Waals surface area (Å²) in [5, 5.41) is 1.000. The summed E-state index contributed by atoms with van der Waals surface area (Å²) in [4.78, 5) is 17.0. The molecule has 0 fully saturated rings. The summed E-state index contributed by atoms with van der Waals surface area (Å²) >= 11 is 1.71. The number of nitrogens with zero attached hydrogens (tertiary/aromatic N) is 1. The lowest BCUT2D eigenvalue weighted by Gasteiger charge is -2.02. The molecule has 0 N–H and O–H groups in total. The highest BCUT2D eigenvalue weighted by atomic mass is 32.1. The molecule has 0 spiro atoms. The number of ether oxygens (including phenoxy) is 1. The molecular weight excluding hydrogens is 270 g/mol. The van der Waals surface area contributed by atoms with Crippen LogP contribution in [0.4, 0.5) is 0 Å². The Morgan fingerprint density at radius 2 is 2.10 bits per heavy atom. The quantitative estimate of drug-likeness (QED) is 0.469. The molecular formula is C16H17NO2S. The van der Waals surface area contributed by atoms with Gasteiger partial charge in [-0.2, -0.15) is 0 Å². The fourth-order valence-corrected chi connectivity index (χ4v) is 2.77. The average Bonchev–Trinajstić information content (AvgIpc) is 2.89. The van der Waals surface area contributed by atoms with E-state index in [2.05, 4.69) is 11.9 Å². The number of esters is 1. The maximum absolute atomic E-state index is 11.3. The van der Waals surface area contributed by atoms with Gasteiger partial charge in [-0.05, 0) is 37.6 Å². The van der Waals surface area contributed by atoms with E-state index in [0.29, 0.717) is 5.75 Å². The van der Waals surface area contributed by atoms with Crippen molar-refractivity contribution in [3.05, 3.63) is 47.5 Å². The number of hydrogen-bond acceptors (Lipinski definition) is 4. The van der Waals surface area contributed by atoms with Crippen molar-refractivity contribution in [2.45, 2.75) is 26.7 Å². The van der Waals surface area contributed by atoms with E-state index in [0.717, 1.165) is 23.4 Å². The zero-order valence-corrected chi connectivity index (χ0v) is 12.4. The molecule has 0 bridgehead atoms. The third kappa shape index (κ3) is 3.78. The van der Waals surface area contributed by atoms with Crippen molar-refractivity contribution in [3.8, 4) is 16.3 Å². The van der Waals surface area contributed by atoms with Gasteiger partial charge in [-0.3, -0.25) is 0 Å². The number of aryl methyl sites for hydroxylation is 1. The second kappa shape index (κ2) is 7.01. The van der Waals surface area contributed by atoms with Crippen molar-refractivity contribution in [1.29, 1.82) is 0 Å². The smallest absolute Gasteiger partial charge is 0.335 e. The third-order valence-corrected chi connectivity index (χ3v) is 3.78. The number of carbonyl (C=O) groups excluding carboxylic acids is 1. The van der Waals surface area contributed by atoms with Crippen molar-refractivity contribution < 1.29 is 9.53 Å². The van der Waals surface area contributed by atoms with Gasteiger partial charge in [-0.25, -0.2) is 9.78 Å². The van der Waals surface area contributed by atoms with Gasteiger partial charge in [0.05, 0.1) is 0 Å². The number of hydrogen-bond donors (Lipinski definition) is 0. The van der Waals surface area contributed by atoms with Crippen LogP contribution in [0.15, 0.2) is 42.6 Å². The molecule has 0 atom stereocenters. The van der Waals surface area contributed by atoms with Gasteiger partial charge in [0.1, 0.15) is 10.8 Å². The van der Waals surface area contributed by atoms with Crippen LogP contribution >= 0.6 is 11.3 Å². The first kappa shape index (κ1) is 14.5. The van der Waals surface area contributed by atoms with Crippen LogP contribution in [0.3, 0.4) is 0 Å². The number of allylic oxidation sites excluding steroid dienone is 1. The highest BCUT2D eigenvalue weighted by Gasteiger charge is 2.05. The fraction of sp³-hybridized carbons (Fsp3) is 0.250. The molecule has 2 aromatic rings. The van der Waals surface area contributed by atoms with Crippen LogP contribution in [0.5, 0.6) is 5.75 Å². The van der Waals surface area contributed by atoms with E-state index >= 15 is 0 Å². The molecule has 3 nitrogen and oxygen atoms in total. The van der Waals surface area contributed by atoms with Crippen LogP contribution in [0.2, 0.25) is 0 Å². The Bertz CT molecular complexity index is 599. The Morgan fingerprint density at radius 3 is 2.75 bits per heavy atom. The van der Waals surface area contributed by atoms with Crippen LogP contribution in [0, 0.1) is 0 Å². The van der Waals surface area contributed by atoms with Crippen LogP contribution < -0.4 is 4.74 Å². The minimum atomic E-state index is -0.361. The predicted molar refractivity (Wildman–Crippen MR) is 82.0 cm³/mol. The summed E-state index contributed by atoms with van der Waals surface area (Å²) in [6.07, 6.45) is 7.18. The Kier molecular flexibility index (Phi) is 5.07. The van der Waals surface area contributed by atoms with E-state index in [-0.39, 0.29) is 5.97 Å². The molecule has 0 aliphatic heterocycles. The van der Waals surface area contributed by atoms with Crippen molar-refractivity contribution in [2.24, 2.45) is 0 Å². The lowest BCUT2D eigenvalue weighted by Crippen LogP contribution is -2.03. The molecule has 104 valence electrons. The molecule has 0 aliphatic carbocycles. The van der Waals surface area contributed by atoms with Crippen LogP contribution in [-0.4, -0.2) is 11.0 Å². The van der Waals surface area contributed by atoms with Gasteiger partial charge in [0.2, 0.25) is 0 Å². The zero-order chi connectivity index (χ0) is 14.4. The maximum atomic E-state index is 11.3. The summed E-state index contributed by atoms with van der Waals surface area (Å²) < 4.78 is 5.15. The minimum absolute atomic E-state index is 0.361. The van der Waals surface area contributed by atoms with E-state index in [1.54, 1.807) is 36.5 Å². The second-order valence-corrected chi connectivity index (χ2v) is 5.44. The van der Waals surface area contributed by atoms with Crippen molar-refractivity contribution in [1.82, 2.24) is 4.98 Å². The molecule has 1 heterocycles. The Hall–Kier alpha value is -1.94. The monoisotopic (exact) mass is 287 g/mol. The van der Waals surface area contributed by atoms with E-state index in [1.807, 2.05) is 18.3 Å². The van der Waals surface area contributed by atoms with Crippen molar-refractivity contribution in [3.63, 3.8) is 0 Å². The van der Waals surface area contributed by atoms with Gasteiger partial charge in [0.15, 0.2) is 0 Å². The topological polar surface area (TPSA) is 39.2 Å².